The second kappa shape index (κ2) is 4.01. The van der Waals surface area contributed by atoms with Crippen LogP contribution in [0.15, 0.2) is 62.4 Å². The summed E-state index contributed by atoms with van der Waals surface area (Å²) in [4.78, 5) is 13.0. The van der Waals surface area contributed by atoms with E-state index in [-0.39, 0.29) is 12.0 Å². The van der Waals surface area contributed by atoms with Crippen LogP contribution >= 0.6 is 0 Å². The fourth-order valence-electron chi connectivity index (χ4n) is 3.06. The van der Waals surface area contributed by atoms with Crippen molar-refractivity contribution in [1.29, 1.82) is 0 Å². The first kappa shape index (κ1) is 11.6. The van der Waals surface area contributed by atoms with E-state index in [0.29, 0.717) is 33.6 Å². The van der Waals surface area contributed by atoms with E-state index in [1.165, 1.54) is 0 Å². The quantitative estimate of drug-likeness (QED) is 0.489. The molecule has 3 heterocycles. The van der Waals surface area contributed by atoms with Gasteiger partial charge in [-0.05, 0) is 24.3 Å². The zero-order valence-electron chi connectivity index (χ0n) is 11.5. The highest BCUT2D eigenvalue weighted by Crippen LogP contribution is 2.37. The maximum absolute atomic E-state index is 13.0. The lowest BCUT2D eigenvalue weighted by molar-refractivity contribution is 0.267. The first-order valence-corrected chi connectivity index (χ1v) is 7.01. The highest BCUT2D eigenvalue weighted by atomic mass is 16.5. The summed E-state index contributed by atoms with van der Waals surface area (Å²) in [5.41, 5.74) is 2.60. The molecule has 0 unspecified atom stereocenters. The molecule has 4 nitrogen and oxygen atoms in total. The lowest BCUT2D eigenvalue weighted by Gasteiger charge is -2.19. The van der Waals surface area contributed by atoms with E-state index in [4.69, 9.17) is 13.6 Å². The summed E-state index contributed by atoms with van der Waals surface area (Å²) in [6.07, 6.45) is 1.59. The molecule has 2 aromatic heterocycles. The van der Waals surface area contributed by atoms with Crippen LogP contribution in [0.5, 0.6) is 5.75 Å². The largest absolute Gasteiger partial charge is 0.485 e. The van der Waals surface area contributed by atoms with Crippen molar-refractivity contribution in [2.75, 3.05) is 0 Å². The van der Waals surface area contributed by atoms with Crippen LogP contribution in [-0.2, 0) is 6.61 Å². The van der Waals surface area contributed by atoms with Gasteiger partial charge in [-0.15, -0.1) is 0 Å². The van der Waals surface area contributed by atoms with Crippen LogP contribution in [0.1, 0.15) is 5.76 Å². The van der Waals surface area contributed by atoms with Gasteiger partial charge < -0.3 is 13.6 Å². The van der Waals surface area contributed by atoms with Gasteiger partial charge in [0.25, 0.3) is 0 Å². The third-order valence-corrected chi connectivity index (χ3v) is 4.08. The third-order valence-electron chi connectivity index (χ3n) is 4.08. The Bertz CT molecular complexity index is 1100. The molecule has 5 rings (SSSR count). The Morgan fingerprint density at radius 3 is 2.82 bits per heavy atom. The highest BCUT2D eigenvalue weighted by Gasteiger charge is 2.24. The zero-order chi connectivity index (χ0) is 14.7. The molecule has 22 heavy (non-hydrogen) atoms. The molecule has 0 bridgehead atoms. The summed E-state index contributed by atoms with van der Waals surface area (Å²) in [5, 5.41) is 1.36. The molecule has 0 amide bonds. The number of rotatable bonds is 0. The maximum Gasteiger partial charge on any atom is 0.201 e. The van der Waals surface area contributed by atoms with Gasteiger partial charge in [-0.2, -0.15) is 0 Å². The fraction of sp³-hybridized carbons (Fsp3) is 0.0556. The minimum absolute atomic E-state index is 0.0323. The zero-order valence-corrected chi connectivity index (χ0v) is 11.5. The molecule has 0 fully saturated rings. The SMILES string of the molecule is O=c1c2c(oc3c1ccc1occc13)COc1ccccc1-2. The summed E-state index contributed by atoms with van der Waals surface area (Å²) in [6, 6.07) is 12.9. The van der Waals surface area contributed by atoms with Crippen molar-refractivity contribution in [3.63, 3.8) is 0 Å². The van der Waals surface area contributed by atoms with Crippen LogP contribution in [0, 0.1) is 0 Å². The Morgan fingerprint density at radius 2 is 1.86 bits per heavy atom. The Labute approximate surface area is 124 Å². The van der Waals surface area contributed by atoms with Gasteiger partial charge in [-0.3, -0.25) is 4.79 Å². The number of furan rings is 1. The van der Waals surface area contributed by atoms with Crippen LogP contribution in [0.4, 0.5) is 0 Å². The number of ether oxygens (including phenoxy) is 1. The van der Waals surface area contributed by atoms with Crippen molar-refractivity contribution in [1.82, 2.24) is 0 Å². The molecule has 4 heteroatoms. The number of hydrogen-bond donors (Lipinski definition) is 0. The number of benzene rings is 2. The van der Waals surface area contributed by atoms with E-state index in [0.717, 1.165) is 10.9 Å². The third kappa shape index (κ3) is 1.39. The van der Waals surface area contributed by atoms with Crippen LogP contribution in [-0.4, -0.2) is 0 Å². The summed E-state index contributed by atoms with van der Waals surface area (Å²) in [7, 11) is 0. The van der Waals surface area contributed by atoms with Gasteiger partial charge in [-0.25, -0.2) is 0 Å². The Kier molecular flexibility index (Phi) is 2.12. The summed E-state index contributed by atoms with van der Waals surface area (Å²) in [6.45, 7) is 0.256. The highest BCUT2D eigenvalue weighted by molar-refractivity contribution is 6.03. The van der Waals surface area contributed by atoms with E-state index in [2.05, 4.69) is 0 Å². The van der Waals surface area contributed by atoms with Gasteiger partial charge >= 0.3 is 0 Å². The van der Waals surface area contributed by atoms with Gasteiger partial charge in [-0.1, -0.05) is 18.2 Å². The van der Waals surface area contributed by atoms with E-state index in [1.807, 2.05) is 30.3 Å². The number of para-hydroxylation sites is 1. The molecule has 4 aromatic rings. The first-order valence-electron chi connectivity index (χ1n) is 7.01. The Morgan fingerprint density at radius 1 is 0.955 bits per heavy atom. The van der Waals surface area contributed by atoms with Crippen molar-refractivity contribution < 1.29 is 13.6 Å². The molecule has 0 N–H and O–H groups in total. The number of hydrogen-bond acceptors (Lipinski definition) is 4. The minimum atomic E-state index is -0.0323. The average molecular weight is 290 g/mol. The molecule has 106 valence electrons. The predicted octanol–water partition coefficient (Wildman–Crippen LogP) is 4.10. The number of fused-ring (bicyclic) bond motifs is 6. The van der Waals surface area contributed by atoms with Gasteiger partial charge in [0.2, 0.25) is 5.43 Å². The molecule has 0 radical (unpaired) electrons. The smallest absolute Gasteiger partial charge is 0.201 e. The molecular weight excluding hydrogens is 280 g/mol. The van der Waals surface area contributed by atoms with E-state index < -0.39 is 0 Å². The fourth-order valence-corrected chi connectivity index (χ4v) is 3.06. The summed E-state index contributed by atoms with van der Waals surface area (Å²) in [5.74, 6) is 1.27. The minimum Gasteiger partial charge on any atom is -0.485 e. The van der Waals surface area contributed by atoms with E-state index in [1.54, 1.807) is 18.4 Å². The maximum atomic E-state index is 13.0. The topological polar surface area (TPSA) is 52.6 Å². The van der Waals surface area contributed by atoms with Crippen LogP contribution in [0.25, 0.3) is 33.1 Å². The molecule has 0 atom stereocenters. The van der Waals surface area contributed by atoms with Crippen LogP contribution in [0.2, 0.25) is 0 Å². The predicted molar refractivity (Wildman–Crippen MR) is 82.0 cm³/mol. The molecular formula is C18H10O4. The van der Waals surface area contributed by atoms with Gasteiger partial charge in [0.15, 0.2) is 5.76 Å². The normalized spacial score (nSPS) is 12.9. The van der Waals surface area contributed by atoms with Crippen molar-refractivity contribution in [2.24, 2.45) is 0 Å². The summed E-state index contributed by atoms with van der Waals surface area (Å²) >= 11 is 0. The molecule has 0 saturated heterocycles. The average Bonchev–Trinajstić information content (AvgIpc) is 3.03. The van der Waals surface area contributed by atoms with E-state index in [9.17, 15) is 4.79 Å². The standard InChI is InChI=1S/C18H10O4/c19-17-12-5-6-14-11(7-8-20-14)18(12)22-15-9-21-13-4-2-1-3-10(13)16(15)17/h1-8H,9H2. The first-order chi connectivity index (χ1) is 10.8. The molecule has 2 aromatic carbocycles. The second-order valence-electron chi connectivity index (χ2n) is 5.29. The van der Waals surface area contributed by atoms with Crippen LogP contribution < -0.4 is 10.2 Å². The Balaban J connectivity index is 1.97. The van der Waals surface area contributed by atoms with Crippen molar-refractivity contribution in [2.45, 2.75) is 6.61 Å². The monoisotopic (exact) mass is 290 g/mol. The molecule has 1 aliphatic rings. The lowest BCUT2D eigenvalue weighted by Crippen LogP contribution is -2.15. The molecule has 0 spiro atoms. The molecule has 0 aliphatic carbocycles. The van der Waals surface area contributed by atoms with Gasteiger partial charge in [0, 0.05) is 5.56 Å². The molecule has 1 aliphatic heterocycles. The molecule has 0 saturated carbocycles. The lowest BCUT2D eigenvalue weighted by atomic mass is 9.99. The van der Waals surface area contributed by atoms with Gasteiger partial charge in [0.05, 0.1) is 22.6 Å². The van der Waals surface area contributed by atoms with Crippen molar-refractivity contribution in [3.8, 4) is 16.9 Å². The van der Waals surface area contributed by atoms with Gasteiger partial charge in [0.1, 0.15) is 23.5 Å². The van der Waals surface area contributed by atoms with E-state index >= 15 is 0 Å². The second-order valence-corrected chi connectivity index (χ2v) is 5.29. The summed E-state index contributed by atoms with van der Waals surface area (Å²) < 4.78 is 17.1. The van der Waals surface area contributed by atoms with Crippen molar-refractivity contribution >= 4 is 21.9 Å². The Hall–Kier alpha value is -3.01. The van der Waals surface area contributed by atoms with Crippen LogP contribution in [0.3, 0.4) is 0 Å². The van der Waals surface area contributed by atoms with Crippen molar-refractivity contribution in [3.05, 3.63) is 64.7 Å².